The summed E-state index contributed by atoms with van der Waals surface area (Å²) in [6, 6.07) is 3.03. The summed E-state index contributed by atoms with van der Waals surface area (Å²) in [5.41, 5.74) is -1.41. The standard InChI is InChI=1S/C17H15Cl3F2N2O2S/c18-11-9(2-1-3-10(11)22)14(17(26)6-4-8(21)5-7-17)23-16(25)13-12(19)15(20)27-24-13/h1-3,8,14,26H,4-7H2,(H,23,25)/t8-,14?,17-. The lowest BCUT2D eigenvalue weighted by Gasteiger charge is -2.40. The van der Waals surface area contributed by atoms with Crippen molar-refractivity contribution in [3.05, 3.63) is 49.7 Å². The number of carbonyl (C=O) groups is 1. The zero-order chi connectivity index (χ0) is 19.8. The maximum absolute atomic E-state index is 14.0. The Kier molecular flexibility index (Phi) is 6.27. The van der Waals surface area contributed by atoms with Crippen LogP contribution in [0.3, 0.4) is 0 Å². The maximum Gasteiger partial charge on any atom is 0.273 e. The third-order valence-electron chi connectivity index (χ3n) is 4.70. The van der Waals surface area contributed by atoms with Crippen LogP contribution in [0.2, 0.25) is 14.4 Å². The Morgan fingerprint density at radius 2 is 1.96 bits per heavy atom. The number of rotatable bonds is 4. The minimum absolute atomic E-state index is 0.0114. The predicted molar refractivity (Wildman–Crippen MR) is 102 cm³/mol. The Hall–Kier alpha value is -0.990. The second kappa shape index (κ2) is 8.17. The van der Waals surface area contributed by atoms with Crippen LogP contribution in [-0.4, -0.2) is 27.2 Å². The van der Waals surface area contributed by atoms with Gasteiger partial charge in [0.1, 0.15) is 21.3 Å². The van der Waals surface area contributed by atoms with E-state index in [4.69, 9.17) is 34.8 Å². The first-order valence-electron chi connectivity index (χ1n) is 8.15. The molecule has 1 heterocycles. The summed E-state index contributed by atoms with van der Waals surface area (Å²) in [5.74, 6) is -1.38. The van der Waals surface area contributed by atoms with E-state index in [0.717, 1.165) is 11.5 Å². The van der Waals surface area contributed by atoms with Crippen LogP contribution in [0.15, 0.2) is 18.2 Å². The normalized spacial score (nSPS) is 23.9. The molecule has 1 aliphatic carbocycles. The molecule has 1 unspecified atom stereocenters. The Morgan fingerprint density at radius 3 is 2.56 bits per heavy atom. The highest BCUT2D eigenvalue weighted by molar-refractivity contribution is 7.11. The second-order valence-corrected chi connectivity index (χ2v) is 8.58. The molecule has 1 atom stereocenters. The van der Waals surface area contributed by atoms with Crippen LogP contribution >= 0.6 is 46.3 Å². The first-order chi connectivity index (χ1) is 12.7. The number of nitrogens with zero attached hydrogens (tertiary/aromatic N) is 1. The number of aliphatic hydroxyl groups is 1. The van der Waals surface area contributed by atoms with Crippen molar-refractivity contribution in [3.63, 3.8) is 0 Å². The van der Waals surface area contributed by atoms with Crippen LogP contribution in [0.1, 0.15) is 47.8 Å². The Labute approximate surface area is 173 Å². The van der Waals surface area contributed by atoms with E-state index < -0.39 is 29.5 Å². The van der Waals surface area contributed by atoms with Crippen molar-refractivity contribution in [2.45, 2.75) is 43.5 Å². The lowest BCUT2D eigenvalue weighted by Crippen LogP contribution is -2.48. The van der Waals surface area contributed by atoms with Gasteiger partial charge in [0.2, 0.25) is 0 Å². The number of hydrogen-bond donors (Lipinski definition) is 2. The first kappa shape index (κ1) is 20.7. The Bertz CT molecular complexity index is 857. The molecule has 2 N–H and O–H groups in total. The summed E-state index contributed by atoms with van der Waals surface area (Å²) in [4.78, 5) is 12.7. The summed E-state index contributed by atoms with van der Waals surface area (Å²) in [6.45, 7) is 0. The average molecular weight is 456 g/mol. The van der Waals surface area contributed by atoms with Gasteiger partial charge in [0.25, 0.3) is 5.91 Å². The van der Waals surface area contributed by atoms with Crippen LogP contribution in [0.5, 0.6) is 0 Å². The number of carbonyl (C=O) groups excluding carboxylic acids is 1. The van der Waals surface area contributed by atoms with E-state index in [1.54, 1.807) is 0 Å². The van der Waals surface area contributed by atoms with Gasteiger partial charge < -0.3 is 10.4 Å². The van der Waals surface area contributed by atoms with Gasteiger partial charge in [-0.05, 0) is 48.8 Å². The molecule has 1 aliphatic rings. The van der Waals surface area contributed by atoms with Crippen LogP contribution < -0.4 is 5.32 Å². The van der Waals surface area contributed by atoms with E-state index in [2.05, 4.69) is 9.69 Å². The van der Waals surface area contributed by atoms with E-state index in [0.29, 0.717) is 0 Å². The van der Waals surface area contributed by atoms with E-state index in [9.17, 15) is 18.7 Å². The zero-order valence-corrected chi connectivity index (χ0v) is 16.9. The van der Waals surface area contributed by atoms with E-state index >= 15 is 0 Å². The van der Waals surface area contributed by atoms with Crippen LogP contribution in [0.4, 0.5) is 8.78 Å². The Morgan fingerprint density at radius 1 is 1.30 bits per heavy atom. The molecule has 0 radical (unpaired) electrons. The third kappa shape index (κ3) is 4.22. The largest absolute Gasteiger partial charge is 0.387 e. The van der Waals surface area contributed by atoms with Gasteiger partial charge in [-0.15, -0.1) is 0 Å². The molecule has 0 spiro atoms. The lowest BCUT2D eigenvalue weighted by atomic mass is 9.76. The van der Waals surface area contributed by atoms with Crippen molar-refractivity contribution in [2.75, 3.05) is 0 Å². The number of alkyl halides is 1. The topological polar surface area (TPSA) is 62.2 Å². The van der Waals surface area contributed by atoms with Gasteiger partial charge in [0.15, 0.2) is 5.69 Å². The fraction of sp³-hybridized carbons (Fsp3) is 0.412. The zero-order valence-electron chi connectivity index (χ0n) is 13.8. The predicted octanol–water partition coefficient (Wildman–Crippen LogP) is 5.36. The van der Waals surface area contributed by atoms with Crippen molar-refractivity contribution in [1.82, 2.24) is 9.69 Å². The van der Waals surface area contributed by atoms with Gasteiger partial charge in [-0.1, -0.05) is 46.9 Å². The third-order valence-corrected chi connectivity index (χ3v) is 6.71. The maximum atomic E-state index is 14.0. The molecular formula is C17H15Cl3F2N2O2S. The van der Waals surface area contributed by atoms with Crippen molar-refractivity contribution in [2.24, 2.45) is 0 Å². The van der Waals surface area contributed by atoms with Gasteiger partial charge in [0, 0.05) is 0 Å². The van der Waals surface area contributed by atoms with Gasteiger partial charge in [0.05, 0.1) is 16.7 Å². The summed E-state index contributed by atoms with van der Waals surface area (Å²) in [6.07, 6.45) is -0.621. The molecule has 0 aliphatic heterocycles. The fourth-order valence-electron chi connectivity index (χ4n) is 3.22. The van der Waals surface area contributed by atoms with E-state index in [1.165, 1.54) is 18.2 Å². The van der Waals surface area contributed by atoms with Crippen molar-refractivity contribution < 1.29 is 18.7 Å². The van der Waals surface area contributed by atoms with Gasteiger partial charge in [-0.25, -0.2) is 8.78 Å². The number of nitrogens with one attached hydrogen (secondary N) is 1. The van der Waals surface area contributed by atoms with Crippen molar-refractivity contribution in [1.29, 1.82) is 0 Å². The molecule has 1 amide bonds. The van der Waals surface area contributed by atoms with Gasteiger partial charge >= 0.3 is 0 Å². The first-order valence-corrected chi connectivity index (χ1v) is 10.1. The molecule has 4 nitrogen and oxygen atoms in total. The van der Waals surface area contributed by atoms with Crippen molar-refractivity contribution >= 4 is 52.2 Å². The molecule has 10 heteroatoms. The molecule has 2 aromatic rings. The van der Waals surface area contributed by atoms with Crippen LogP contribution in [0.25, 0.3) is 0 Å². The smallest absolute Gasteiger partial charge is 0.273 e. The highest BCUT2D eigenvalue weighted by atomic mass is 35.5. The highest BCUT2D eigenvalue weighted by Gasteiger charge is 2.43. The molecule has 0 saturated heterocycles. The molecule has 1 saturated carbocycles. The molecular weight excluding hydrogens is 441 g/mol. The van der Waals surface area contributed by atoms with Crippen molar-refractivity contribution in [3.8, 4) is 0 Å². The van der Waals surface area contributed by atoms with Gasteiger partial charge in [-0.2, -0.15) is 4.37 Å². The number of benzene rings is 1. The average Bonchev–Trinajstić information content (AvgIpc) is 2.97. The molecule has 3 rings (SSSR count). The van der Waals surface area contributed by atoms with Gasteiger partial charge in [-0.3, -0.25) is 4.79 Å². The summed E-state index contributed by atoms with van der Waals surface area (Å²) < 4.78 is 31.6. The van der Waals surface area contributed by atoms with Crippen LogP contribution in [-0.2, 0) is 0 Å². The molecule has 1 aromatic heterocycles. The molecule has 1 aromatic carbocycles. The second-order valence-electron chi connectivity index (χ2n) is 6.45. The monoisotopic (exact) mass is 454 g/mol. The number of hydrogen-bond acceptors (Lipinski definition) is 4. The summed E-state index contributed by atoms with van der Waals surface area (Å²) >= 11 is 18.8. The SMILES string of the molecule is O=C(NC(c1cccc(F)c1Cl)[C@]1(O)CC[C@H](F)CC1)c1nsc(Cl)c1Cl. The van der Waals surface area contributed by atoms with Crippen LogP contribution in [0, 0.1) is 5.82 Å². The highest BCUT2D eigenvalue weighted by Crippen LogP contribution is 2.42. The van der Waals surface area contributed by atoms with E-state index in [-0.39, 0.29) is 51.3 Å². The van der Waals surface area contributed by atoms with E-state index in [1.807, 2.05) is 0 Å². The fourth-order valence-corrected chi connectivity index (χ4v) is 4.45. The molecule has 146 valence electrons. The molecule has 27 heavy (non-hydrogen) atoms. The quantitative estimate of drug-likeness (QED) is 0.653. The number of aromatic nitrogens is 1. The number of amides is 1. The number of halogens is 5. The molecule has 1 fully saturated rings. The Balaban J connectivity index is 1.98. The summed E-state index contributed by atoms with van der Waals surface area (Å²) in [5, 5.41) is 13.6. The minimum atomic E-state index is -1.50. The minimum Gasteiger partial charge on any atom is -0.387 e. The summed E-state index contributed by atoms with van der Waals surface area (Å²) in [7, 11) is 0. The molecule has 0 bridgehead atoms. The lowest BCUT2D eigenvalue weighted by molar-refractivity contribution is -0.0446.